The SMILES string of the molecule is CCNCC(Cc1cscn1)Cc1ccccc1OC. The number of methoxy groups -OCH3 is 1. The van der Waals surface area contributed by atoms with Crippen molar-refractivity contribution in [2.45, 2.75) is 19.8 Å². The molecule has 0 saturated carbocycles. The van der Waals surface area contributed by atoms with Gasteiger partial charge in [0, 0.05) is 5.38 Å². The molecule has 1 heterocycles. The van der Waals surface area contributed by atoms with Crippen molar-refractivity contribution in [2.75, 3.05) is 20.2 Å². The average Bonchev–Trinajstić information content (AvgIpc) is 2.98. The summed E-state index contributed by atoms with van der Waals surface area (Å²) in [6, 6.07) is 8.27. The van der Waals surface area contributed by atoms with E-state index in [9.17, 15) is 0 Å². The van der Waals surface area contributed by atoms with Crippen LogP contribution in [0.4, 0.5) is 0 Å². The number of para-hydroxylation sites is 1. The smallest absolute Gasteiger partial charge is 0.122 e. The largest absolute Gasteiger partial charge is 0.496 e. The molecule has 1 N–H and O–H groups in total. The lowest BCUT2D eigenvalue weighted by Crippen LogP contribution is -2.26. The van der Waals surface area contributed by atoms with Gasteiger partial charge in [0.05, 0.1) is 18.3 Å². The number of nitrogens with zero attached hydrogens (tertiary/aromatic N) is 1. The molecule has 0 radical (unpaired) electrons. The first-order chi connectivity index (χ1) is 9.83. The van der Waals surface area contributed by atoms with Crippen LogP contribution in [0.3, 0.4) is 0 Å². The van der Waals surface area contributed by atoms with Gasteiger partial charge < -0.3 is 10.1 Å². The number of ether oxygens (including phenoxy) is 1. The Balaban J connectivity index is 2.06. The lowest BCUT2D eigenvalue weighted by atomic mass is 9.94. The fraction of sp³-hybridized carbons (Fsp3) is 0.438. The molecule has 0 amide bonds. The van der Waals surface area contributed by atoms with Crippen LogP contribution < -0.4 is 10.1 Å². The number of thiazole rings is 1. The molecular formula is C16H22N2OS. The quantitative estimate of drug-likeness (QED) is 0.811. The molecule has 3 nitrogen and oxygen atoms in total. The highest BCUT2D eigenvalue weighted by Gasteiger charge is 2.14. The maximum Gasteiger partial charge on any atom is 0.122 e. The van der Waals surface area contributed by atoms with E-state index >= 15 is 0 Å². The molecule has 0 saturated heterocycles. The van der Waals surface area contributed by atoms with E-state index in [1.54, 1.807) is 18.4 Å². The van der Waals surface area contributed by atoms with E-state index in [1.807, 2.05) is 17.6 Å². The van der Waals surface area contributed by atoms with Crippen molar-refractivity contribution in [3.63, 3.8) is 0 Å². The Kier molecular flexibility index (Phi) is 6.02. The van der Waals surface area contributed by atoms with Gasteiger partial charge in [-0.15, -0.1) is 11.3 Å². The van der Waals surface area contributed by atoms with E-state index in [4.69, 9.17) is 4.74 Å². The maximum absolute atomic E-state index is 5.45. The van der Waals surface area contributed by atoms with Gasteiger partial charge >= 0.3 is 0 Å². The van der Waals surface area contributed by atoms with Crippen LogP contribution in [0, 0.1) is 5.92 Å². The zero-order valence-corrected chi connectivity index (χ0v) is 13.0. The molecule has 0 bridgehead atoms. The molecule has 0 aliphatic carbocycles. The summed E-state index contributed by atoms with van der Waals surface area (Å²) in [5.41, 5.74) is 4.36. The summed E-state index contributed by atoms with van der Waals surface area (Å²) in [6.45, 7) is 4.15. The van der Waals surface area contributed by atoms with E-state index in [1.165, 1.54) is 11.3 Å². The number of aromatic nitrogens is 1. The predicted molar refractivity (Wildman–Crippen MR) is 84.5 cm³/mol. The Bertz CT molecular complexity index is 499. The fourth-order valence-electron chi connectivity index (χ4n) is 2.38. The summed E-state index contributed by atoms with van der Waals surface area (Å²) < 4.78 is 5.45. The predicted octanol–water partition coefficient (Wildman–Crippen LogP) is 3.16. The highest BCUT2D eigenvalue weighted by molar-refractivity contribution is 7.07. The number of nitrogens with one attached hydrogen (secondary N) is 1. The molecule has 2 aromatic rings. The molecule has 1 atom stereocenters. The molecule has 1 aromatic heterocycles. The third-order valence-corrected chi connectivity index (χ3v) is 4.00. The van der Waals surface area contributed by atoms with Crippen LogP contribution in [0.2, 0.25) is 0 Å². The molecule has 0 spiro atoms. The Morgan fingerprint density at radius 1 is 1.30 bits per heavy atom. The molecule has 4 heteroatoms. The molecule has 0 aliphatic heterocycles. The monoisotopic (exact) mass is 290 g/mol. The van der Waals surface area contributed by atoms with Crippen LogP contribution in [-0.4, -0.2) is 25.2 Å². The van der Waals surface area contributed by atoms with E-state index in [2.05, 4.69) is 34.7 Å². The lowest BCUT2D eigenvalue weighted by Gasteiger charge is -2.18. The minimum absolute atomic E-state index is 0.536. The van der Waals surface area contributed by atoms with Gasteiger partial charge in [0.2, 0.25) is 0 Å². The van der Waals surface area contributed by atoms with Crippen LogP contribution in [-0.2, 0) is 12.8 Å². The standard InChI is InChI=1S/C16H22N2OS/c1-3-17-10-13(9-15-11-20-12-18-15)8-14-6-4-5-7-16(14)19-2/h4-7,11-13,17H,3,8-10H2,1-2H3. The van der Waals surface area contributed by atoms with Crippen molar-refractivity contribution >= 4 is 11.3 Å². The summed E-state index contributed by atoms with van der Waals surface area (Å²) in [5.74, 6) is 1.51. The first-order valence-electron chi connectivity index (χ1n) is 7.03. The number of hydrogen-bond donors (Lipinski definition) is 1. The zero-order chi connectivity index (χ0) is 14.2. The van der Waals surface area contributed by atoms with Gasteiger partial charge in [-0.05, 0) is 43.5 Å². The minimum Gasteiger partial charge on any atom is -0.496 e. The summed E-state index contributed by atoms with van der Waals surface area (Å²) in [5, 5.41) is 5.59. The third kappa shape index (κ3) is 4.32. The summed E-state index contributed by atoms with van der Waals surface area (Å²) in [4.78, 5) is 4.41. The Labute approximate surface area is 125 Å². The lowest BCUT2D eigenvalue weighted by molar-refractivity contribution is 0.400. The zero-order valence-electron chi connectivity index (χ0n) is 12.1. The highest BCUT2D eigenvalue weighted by Crippen LogP contribution is 2.22. The highest BCUT2D eigenvalue weighted by atomic mass is 32.1. The fourth-order valence-corrected chi connectivity index (χ4v) is 2.95. The molecule has 20 heavy (non-hydrogen) atoms. The molecular weight excluding hydrogens is 268 g/mol. The van der Waals surface area contributed by atoms with Gasteiger partial charge in [0.1, 0.15) is 5.75 Å². The van der Waals surface area contributed by atoms with E-state index in [0.29, 0.717) is 5.92 Å². The molecule has 1 aromatic carbocycles. The maximum atomic E-state index is 5.45. The third-order valence-electron chi connectivity index (χ3n) is 3.37. The molecule has 0 aliphatic rings. The van der Waals surface area contributed by atoms with E-state index in [0.717, 1.165) is 31.7 Å². The van der Waals surface area contributed by atoms with Crippen LogP contribution in [0.15, 0.2) is 35.2 Å². The van der Waals surface area contributed by atoms with Crippen molar-refractivity contribution in [3.8, 4) is 5.75 Å². The van der Waals surface area contributed by atoms with Gasteiger partial charge in [-0.25, -0.2) is 4.98 Å². The Morgan fingerprint density at radius 2 is 2.15 bits per heavy atom. The molecule has 0 fully saturated rings. The Hall–Kier alpha value is -1.39. The average molecular weight is 290 g/mol. The normalized spacial score (nSPS) is 12.3. The van der Waals surface area contributed by atoms with Crippen molar-refractivity contribution in [1.29, 1.82) is 0 Å². The summed E-state index contributed by atoms with van der Waals surface area (Å²) in [6.07, 6.45) is 2.02. The van der Waals surface area contributed by atoms with Crippen LogP contribution in [0.25, 0.3) is 0 Å². The minimum atomic E-state index is 0.536. The first kappa shape index (κ1) is 15.0. The topological polar surface area (TPSA) is 34.2 Å². The summed E-state index contributed by atoms with van der Waals surface area (Å²) in [7, 11) is 1.73. The van der Waals surface area contributed by atoms with Gasteiger partial charge in [0.25, 0.3) is 0 Å². The number of benzene rings is 1. The molecule has 108 valence electrons. The second-order valence-corrected chi connectivity index (χ2v) is 5.59. The van der Waals surface area contributed by atoms with Crippen LogP contribution in [0.1, 0.15) is 18.2 Å². The molecule has 1 unspecified atom stereocenters. The van der Waals surface area contributed by atoms with Crippen LogP contribution in [0.5, 0.6) is 5.75 Å². The summed E-state index contributed by atoms with van der Waals surface area (Å²) >= 11 is 1.66. The number of rotatable bonds is 8. The second-order valence-electron chi connectivity index (χ2n) is 4.87. The number of hydrogen-bond acceptors (Lipinski definition) is 4. The van der Waals surface area contributed by atoms with E-state index < -0.39 is 0 Å². The first-order valence-corrected chi connectivity index (χ1v) is 7.97. The Morgan fingerprint density at radius 3 is 2.85 bits per heavy atom. The van der Waals surface area contributed by atoms with Crippen molar-refractivity contribution < 1.29 is 4.74 Å². The van der Waals surface area contributed by atoms with Gasteiger partial charge in [-0.3, -0.25) is 0 Å². The van der Waals surface area contributed by atoms with Crippen molar-refractivity contribution in [3.05, 3.63) is 46.4 Å². The van der Waals surface area contributed by atoms with Gasteiger partial charge in [-0.2, -0.15) is 0 Å². The van der Waals surface area contributed by atoms with Crippen molar-refractivity contribution in [1.82, 2.24) is 10.3 Å². The van der Waals surface area contributed by atoms with E-state index in [-0.39, 0.29) is 0 Å². The van der Waals surface area contributed by atoms with Crippen LogP contribution >= 0.6 is 11.3 Å². The van der Waals surface area contributed by atoms with Crippen molar-refractivity contribution in [2.24, 2.45) is 5.92 Å². The second kappa shape index (κ2) is 8.02. The molecule has 2 rings (SSSR count). The van der Waals surface area contributed by atoms with Gasteiger partial charge in [-0.1, -0.05) is 25.1 Å². The van der Waals surface area contributed by atoms with Gasteiger partial charge in [0.15, 0.2) is 0 Å².